The van der Waals surface area contributed by atoms with Gasteiger partial charge >= 0.3 is 6.18 Å². The fraction of sp³-hybridized carbons (Fsp3) is 0.368. The number of carbonyl (C=O) groups excluding carboxylic acids is 1. The van der Waals surface area contributed by atoms with Gasteiger partial charge in [0.2, 0.25) is 15.9 Å². The van der Waals surface area contributed by atoms with Crippen LogP contribution in [0.4, 0.5) is 13.2 Å². The van der Waals surface area contributed by atoms with E-state index in [2.05, 4.69) is 15.0 Å². The Kier molecular flexibility index (Phi) is 7.43. The summed E-state index contributed by atoms with van der Waals surface area (Å²) in [5.41, 5.74) is 0.341. The topological polar surface area (TPSA) is 88.6 Å². The zero-order chi connectivity index (χ0) is 22.5. The minimum absolute atomic E-state index is 0.0399. The van der Waals surface area contributed by atoms with E-state index in [9.17, 15) is 26.4 Å². The van der Waals surface area contributed by atoms with Gasteiger partial charge < -0.3 is 10.1 Å². The Hall–Kier alpha value is -2.66. The Balaban J connectivity index is 2.14. The second-order valence-corrected chi connectivity index (χ2v) is 8.69. The molecule has 1 N–H and O–H groups in total. The molecular weight excluding hydrogens is 423 g/mol. The molecule has 0 aliphatic heterocycles. The van der Waals surface area contributed by atoms with Crippen LogP contribution in [-0.2, 0) is 16.6 Å². The van der Waals surface area contributed by atoms with Crippen LogP contribution in [0, 0.1) is 0 Å². The first-order chi connectivity index (χ1) is 13.9. The number of sulfonamides is 1. The van der Waals surface area contributed by atoms with Crippen LogP contribution in [0.1, 0.15) is 29.8 Å². The lowest BCUT2D eigenvalue weighted by Crippen LogP contribution is -2.33. The molecule has 2 aromatic rings. The van der Waals surface area contributed by atoms with Gasteiger partial charge in [0, 0.05) is 37.0 Å². The first kappa shape index (κ1) is 23.6. The minimum atomic E-state index is -4.52. The number of alkyl halides is 3. The molecule has 11 heteroatoms. The van der Waals surface area contributed by atoms with Crippen LogP contribution in [0.2, 0.25) is 0 Å². The van der Waals surface area contributed by atoms with E-state index in [0.29, 0.717) is 0 Å². The molecule has 0 saturated heterocycles. The van der Waals surface area contributed by atoms with Crippen molar-refractivity contribution in [3.05, 3.63) is 53.7 Å². The molecule has 2 rings (SSSR count). The number of hydrogen-bond acceptors (Lipinski definition) is 5. The first-order valence-corrected chi connectivity index (χ1v) is 10.4. The number of ether oxygens (including phenoxy) is 1. The van der Waals surface area contributed by atoms with Crippen LogP contribution in [0.25, 0.3) is 0 Å². The monoisotopic (exact) mass is 445 g/mol. The van der Waals surface area contributed by atoms with Crippen molar-refractivity contribution in [2.75, 3.05) is 13.7 Å². The summed E-state index contributed by atoms with van der Waals surface area (Å²) in [6.07, 6.45) is -3.25. The number of halogens is 3. The lowest BCUT2D eigenvalue weighted by molar-refractivity contribution is -0.154. The summed E-state index contributed by atoms with van der Waals surface area (Å²) in [5.74, 6) is -0.838. The quantitative estimate of drug-likeness (QED) is 0.675. The molecule has 164 valence electrons. The van der Waals surface area contributed by atoms with Gasteiger partial charge in [0.25, 0.3) is 5.91 Å². The molecule has 0 atom stereocenters. The molecule has 0 saturated carbocycles. The summed E-state index contributed by atoms with van der Waals surface area (Å²) in [7, 11) is -2.33. The van der Waals surface area contributed by atoms with E-state index < -0.39 is 28.7 Å². The number of benzene rings is 1. The number of aromatic nitrogens is 1. The van der Waals surface area contributed by atoms with Crippen molar-refractivity contribution in [1.82, 2.24) is 14.6 Å². The third kappa shape index (κ3) is 6.17. The largest absolute Gasteiger partial charge is 0.468 e. The third-order valence-electron chi connectivity index (χ3n) is 4.16. The van der Waals surface area contributed by atoms with E-state index in [4.69, 9.17) is 0 Å². The Morgan fingerprint density at radius 1 is 1.23 bits per heavy atom. The summed E-state index contributed by atoms with van der Waals surface area (Å²) in [6, 6.07) is 8.21. The van der Waals surface area contributed by atoms with Crippen molar-refractivity contribution in [2.45, 2.75) is 37.5 Å². The molecule has 7 nitrogen and oxygen atoms in total. The maximum absolute atomic E-state index is 12.6. The lowest BCUT2D eigenvalue weighted by atomic mass is 10.2. The highest BCUT2D eigenvalue weighted by atomic mass is 32.2. The highest BCUT2D eigenvalue weighted by Gasteiger charge is 2.29. The number of nitrogens with one attached hydrogen (secondary N) is 1. The van der Waals surface area contributed by atoms with Gasteiger partial charge in [-0.3, -0.25) is 4.79 Å². The van der Waals surface area contributed by atoms with Gasteiger partial charge in [-0.1, -0.05) is 12.1 Å². The highest BCUT2D eigenvalue weighted by molar-refractivity contribution is 7.89. The molecule has 0 spiro atoms. The Labute approximate surface area is 172 Å². The van der Waals surface area contributed by atoms with Crippen LogP contribution >= 0.6 is 0 Å². The van der Waals surface area contributed by atoms with Gasteiger partial charge in [-0.25, -0.2) is 13.4 Å². The fourth-order valence-corrected chi connectivity index (χ4v) is 3.77. The number of rotatable bonds is 8. The normalized spacial score (nSPS) is 12.3. The predicted octanol–water partition coefficient (Wildman–Crippen LogP) is 2.98. The van der Waals surface area contributed by atoms with Crippen LogP contribution in [0.3, 0.4) is 0 Å². The molecule has 0 unspecified atom stereocenters. The van der Waals surface area contributed by atoms with E-state index in [0.717, 1.165) is 0 Å². The van der Waals surface area contributed by atoms with E-state index in [1.54, 1.807) is 13.8 Å². The van der Waals surface area contributed by atoms with E-state index in [1.165, 1.54) is 53.9 Å². The Morgan fingerprint density at radius 2 is 1.93 bits per heavy atom. The summed E-state index contributed by atoms with van der Waals surface area (Å²) >= 11 is 0. The second kappa shape index (κ2) is 9.43. The van der Waals surface area contributed by atoms with Gasteiger partial charge in [-0.2, -0.15) is 17.5 Å². The van der Waals surface area contributed by atoms with Crippen molar-refractivity contribution in [1.29, 1.82) is 0 Å². The molecule has 0 aliphatic carbocycles. The summed E-state index contributed by atoms with van der Waals surface area (Å²) in [4.78, 5) is 16.2. The Morgan fingerprint density at radius 3 is 2.57 bits per heavy atom. The van der Waals surface area contributed by atoms with Crippen molar-refractivity contribution < 1.29 is 31.1 Å². The summed E-state index contributed by atoms with van der Waals surface area (Å²) in [6.45, 7) is 1.79. The van der Waals surface area contributed by atoms with Gasteiger partial charge in [-0.05, 0) is 38.1 Å². The SMILES string of the molecule is CC(C)N(C)S(=O)(=O)c1cccc(C(=O)NCc2cccnc2OCC(F)(F)F)c1. The maximum atomic E-state index is 12.6. The first-order valence-electron chi connectivity index (χ1n) is 8.91. The maximum Gasteiger partial charge on any atom is 0.422 e. The van der Waals surface area contributed by atoms with Gasteiger partial charge in [0.1, 0.15) is 0 Å². The number of nitrogens with zero attached hydrogens (tertiary/aromatic N) is 2. The lowest BCUT2D eigenvalue weighted by Gasteiger charge is -2.21. The molecule has 1 aromatic heterocycles. The molecule has 30 heavy (non-hydrogen) atoms. The zero-order valence-corrected chi connectivity index (χ0v) is 17.4. The van der Waals surface area contributed by atoms with Crippen LogP contribution in [0.15, 0.2) is 47.5 Å². The summed E-state index contributed by atoms with van der Waals surface area (Å²) < 4.78 is 68.2. The van der Waals surface area contributed by atoms with Crippen molar-refractivity contribution in [2.24, 2.45) is 0 Å². The smallest absolute Gasteiger partial charge is 0.422 e. The molecule has 0 bridgehead atoms. The molecule has 1 heterocycles. The highest BCUT2D eigenvalue weighted by Crippen LogP contribution is 2.21. The van der Waals surface area contributed by atoms with E-state index in [1.807, 2.05) is 0 Å². The van der Waals surface area contributed by atoms with E-state index >= 15 is 0 Å². The standard InChI is InChI=1S/C19H22F3N3O4S/c1-13(2)25(3)30(27,28)16-8-4-6-14(10-16)17(26)24-11-15-7-5-9-23-18(15)29-12-19(20,21)22/h4-10,13H,11-12H2,1-3H3,(H,24,26). The predicted molar refractivity (Wildman–Crippen MR) is 103 cm³/mol. The van der Waals surface area contributed by atoms with Crippen LogP contribution in [-0.4, -0.2) is 49.5 Å². The third-order valence-corrected chi connectivity index (χ3v) is 6.19. The minimum Gasteiger partial charge on any atom is -0.468 e. The molecule has 0 radical (unpaired) electrons. The van der Waals surface area contributed by atoms with Crippen molar-refractivity contribution in [3.63, 3.8) is 0 Å². The average Bonchev–Trinajstić information content (AvgIpc) is 2.69. The van der Waals surface area contributed by atoms with Crippen LogP contribution in [0.5, 0.6) is 5.88 Å². The van der Waals surface area contributed by atoms with Crippen molar-refractivity contribution >= 4 is 15.9 Å². The van der Waals surface area contributed by atoms with Gasteiger partial charge in [0.15, 0.2) is 6.61 Å². The summed E-state index contributed by atoms with van der Waals surface area (Å²) in [5, 5.41) is 2.53. The van der Waals surface area contributed by atoms with Gasteiger partial charge in [0.05, 0.1) is 4.90 Å². The second-order valence-electron chi connectivity index (χ2n) is 6.70. The fourth-order valence-electron chi connectivity index (χ4n) is 2.36. The number of amides is 1. The molecule has 0 aliphatic rings. The number of hydrogen-bond donors (Lipinski definition) is 1. The Bertz CT molecular complexity index is 995. The zero-order valence-electron chi connectivity index (χ0n) is 16.6. The van der Waals surface area contributed by atoms with Crippen molar-refractivity contribution in [3.8, 4) is 5.88 Å². The average molecular weight is 445 g/mol. The molecule has 0 fully saturated rings. The van der Waals surface area contributed by atoms with Crippen LogP contribution < -0.4 is 10.1 Å². The number of pyridine rings is 1. The molecular formula is C19H22F3N3O4S. The molecule has 1 aromatic carbocycles. The van der Waals surface area contributed by atoms with E-state index in [-0.39, 0.29) is 34.5 Å². The number of carbonyl (C=O) groups is 1. The molecule has 1 amide bonds. The van der Waals surface area contributed by atoms with Gasteiger partial charge in [-0.15, -0.1) is 0 Å².